The Morgan fingerprint density at radius 2 is 1.19 bits per heavy atom. The van der Waals surface area contributed by atoms with Gasteiger partial charge < -0.3 is 23.4 Å². The maximum absolute atomic E-state index is 6.45. The lowest BCUT2D eigenvalue weighted by molar-refractivity contribution is -0.142. The molecule has 0 fully saturated rings. The minimum atomic E-state index is -0.386. The van der Waals surface area contributed by atoms with Crippen LogP contribution in [0.5, 0.6) is 0 Å². The molecule has 0 spiro atoms. The van der Waals surface area contributed by atoms with E-state index in [0.29, 0.717) is 37.9 Å². The monoisotopic (exact) mass is 482 g/mol. The van der Waals surface area contributed by atoms with Crippen LogP contribution in [0, 0.1) is 0 Å². The molecule has 184 valence electrons. The van der Waals surface area contributed by atoms with Gasteiger partial charge in [0.1, 0.15) is 12.2 Å². The van der Waals surface area contributed by atoms with Gasteiger partial charge in [-0.05, 0) is 34.9 Å². The quantitative estimate of drug-likeness (QED) is 0.247. The zero-order valence-electron chi connectivity index (χ0n) is 20.1. The van der Waals surface area contributed by atoms with E-state index in [1.54, 1.807) is 6.26 Å². The van der Waals surface area contributed by atoms with Crippen molar-refractivity contribution in [3.05, 3.63) is 138 Å². The van der Waals surface area contributed by atoms with Crippen molar-refractivity contribution in [3.63, 3.8) is 0 Å². The number of rotatable bonds is 11. The summed E-state index contributed by atoms with van der Waals surface area (Å²) in [7, 11) is 0. The fourth-order valence-electron chi connectivity index (χ4n) is 4.16. The van der Waals surface area contributed by atoms with Gasteiger partial charge in [-0.3, -0.25) is 0 Å². The largest absolute Gasteiger partial charge is 0.481 e. The van der Waals surface area contributed by atoms with Crippen LogP contribution in [0.3, 0.4) is 0 Å². The zero-order chi connectivity index (χ0) is 24.4. The van der Waals surface area contributed by atoms with Gasteiger partial charge in [0, 0.05) is 0 Å². The smallest absolute Gasteiger partial charge is 0.168 e. The number of hydrogen-bond acceptors (Lipinski definition) is 5. The minimum absolute atomic E-state index is 0.345. The maximum atomic E-state index is 6.45. The molecular formula is C31H30O5. The van der Waals surface area contributed by atoms with E-state index in [1.165, 1.54) is 0 Å². The van der Waals surface area contributed by atoms with Crippen LogP contribution >= 0.6 is 0 Å². The molecule has 0 radical (unpaired) electrons. The molecule has 0 unspecified atom stereocenters. The van der Waals surface area contributed by atoms with Crippen LogP contribution in [0.4, 0.5) is 0 Å². The third-order valence-corrected chi connectivity index (χ3v) is 6.01. The van der Waals surface area contributed by atoms with Crippen molar-refractivity contribution >= 4 is 5.76 Å². The molecule has 0 amide bonds. The lowest BCUT2D eigenvalue weighted by atomic mass is 10.0. The van der Waals surface area contributed by atoms with E-state index in [9.17, 15) is 0 Å². The Kier molecular flexibility index (Phi) is 8.26. The first-order valence-corrected chi connectivity index (χ1v) is 12.2. The minimum Gasteiger partial charge on any atom is -0.481 e. The highest BCUT2D eigenvalue weighted by Crippen LogP contribution is 2.31. The van der Waals surface area contributed by atoms with Crippen LogP contribution in [0.2, 0.25) is 0 Å². The first-order valence-electron chi connectivity index (χ1n) is 12.2. The second kappa shape index (κ2) is 12.4. The van der Waals surface area contributed by atoms with Gasteiger partial charge in [-0.25, -0.2) is 0 Å². The molecule has 0 bridgehead atoms. The van der Waals surface area contributed by atoms with E-state index in [2.05, 4.69) is 24.3 Å². The molecule has 5 rings (SSSR count). The standard InChI is InChI=1S/C31H30O5/c1-4-11-24(12-5-1)20-32-23-30-31(35-22-26-15-8-3-9-16-26)29(34-21-25-13-6-2-7-14-25)19-28(36-30)27-17-10-18-33-27/h1-19,29-31H,20-23H2/t29-,30-,31-/m1/s1. The van der Waals surface area contributed by atoms with Crippen molar-refractivity contribution in [1.82, 2.24) is 0 Å². The number of benzene rings is 3. The average molecular weight is 483 g/mol. The molecule has 0 saturated heterocycles. The van der Waals surface area contributed by atoms with E-state index in [-0.39, 0.29) is 18.3 Å². The van der Waals surface area contributed by atoms with E-state index >= 15 is 0 Å². The highest BCUT2D eigenvalue weighted by Gasteiger charge is 2.38. The van der Waals surface area contributed by atoms with Gasteiger partial charge in [0.15, 0.2) is 17.6 Å². The molecule has 1 aliphatic heterocycles. The van der Waals surface area contributed by atoms with Gasteiger partial charge in [-0.1, -0.05) is 91.0 Å². The van der Waals surface area contributed by atoms with Gasteiger partial charge in [0.2, 0.25) is 0 Å². The van der Waals surface area contributed by atoms with Gasteiger partial charge >= 0.3 is 0 Å². The summed E-state index contributed by atoms with van der Waals surface area (Å²) >= 11 is 0. The Hall–Kier alpha value is -3.64. The molecule has 5 nitrogen and oxygen atoms in total. The van der Waals surface area contributed by atoms with Crippen molar-refractivity contribution < 1.29 is 23.4 Å². The summed E-state index contributed by atoms with van der Waals surface area (Å²) in [4.78, 5) is 0. The number of hydrogen-bond donors (Lipinski definition) is 0. The Balaban J connectivity index is 1.36. The van der Waals surface area contributed by atoms with E-state index < -0.39 is 0 Å². The fraction of sp³-hybridized carbons (Fsp3) is 0.226. The first kappa shape index (κ1) is 24.1. The van der Waals surface area contributed by atoms with Crippen LogP contribution in [-0.4, -0.2) is 24.9 Å². The third-order valence-electron chi connectivity index (χ3n) is 6.01. The second-order valence-corrected chi connectivity index (χ2v) is 8.69. The van der Waals surface area contributed by atoms with Crippen LogP contribution in [0.1, 0.15) is 22.5 Å². The molecule has 36 heavy (non-hydrogen) atoms. The van der Waals surface area contributed by atoms with E-state index in [1.807, 2.05) is 84.9 Å². The van der Waals surface area contributed by atoms with E-state index in [0.717, 1.165) is 16.7 Å². The van der Waals surface area contributed by atoms with Gasteiger partial charge in [0.05, 0.1) is 32.7 Å². The average Bonchev–Trinajstić information content (AvgIpc) is 3.48. The molecule has 0 N–H and O–H groups in total. The topological polar surface area (TPSA) is 50.1 Å². The van der Waals surface area contributed by atoms with E-state index in [4.69, 9.17) is 23.4 Å². The normalized spacial score (nSPS) is 19.4. The fourth-order valence-corrected chi connectivity index (χ4v) is 4.16. The summed E-state index contributed by atoms with van der Waals surface area (Å²) < 4.78 is 31.0. The number of furan rings is 1. The maximum Gasteiger partial charge on any atom is 0.168 e. The molecule has 3 atom stereocenters. The highest BCUT2D eigenvalue weighted by molar-refractivity contribution is 5.56. The molecule has 5 heteroatoms. The number of ether oxygens (including phenoxy) is 4. The summed E-state index contributed by atoms with van der Waals surface area (Å²) in [6, 6.07) is 34.1. The third kappa shape index (κ3) is 6.52. The highest BCUT2D eigenvalue weighted by atomic mass is 16.6. The van der Waals surface area contributed by atoms with Gasteiger partial charge in [-0.15, -0.1) is 0 Å². The molecule has 4 aromatic rings. The van der Waals surface area contributed by atoms with Crippen molar-refractivity contribution in [3.8, 4) is 0 Å². The van der Waals surface area contributed by atoms with Crippen molar-refractivity contribution in [2.24, 2.45) is 0 Å². The molecule has 1 aliphatic rings. The molecule has 3 aromatic carbocycles. The Morgan fingerprint density at radius 1 is 0.611 bits per heavy atom. The Bertz CT molecular complexity index is 1190. The van der Waals surface area contributed by atoms with Crippen LogP contribution in [0.15, 0.2) is 120 Å². The summed E-state index contributed by atoms with van der Waals surface area (Å²) in [5.41, 5.74) is 3.29. The predicted octanol–water partition coefficient (Wildman–Crippen LogP) is 6.41. The van der Waals surface area contributed by atoms with Crippen LogP contribution in [0.25, 0.3) is 5.76 Å². The molecule has 0 saturated carbocycles. The van der Waals surface area contributed by atoms with Crippen LogP contribution in [-0.2, 0) is 38.8 Å². The summed E-state index contributed by atoms with van der Waals surface area (Å²) in [5.74, 6) is 1.28. The van der Waals surface area contributed by atoms with Crippen molar-refractivity contribution in [2.75, 3.05) is 6.61 Å². The lowest BCUT2D eigenvalue weighted by Crippen LogP contribution is -2.46. The molecular weight excluding hydrogens is 452 g/mol. The van der Waals surface area contributed by atoms with Gasteiger partial charge in [0.25, 0.3) is 0 Å². The summed E-state index contributed by atoms with van der Waals surface area (Å²) in [5, 5.41) is 0. The predicted molar refractivity (Wildman–Crippen MR) is 138 cm³/mol. The van der Waals surface area contributed by atoms with Crippen molar-refractivity contribution in [2.45, 2.75) is 38.1 Å². The summed E-state index contributed by atoms with van der Waals surface area (Å²) in [6.45, 7) is 1.73. The summed E-state index contributed by atoms with van der Waals surface area (Å²) in [6.07, 6.45) is 2.48. The second-order valence-electron chi connectivity index (χ2n) is 8.69. The Labute approximate surface area is 211 Å². The first-order chi connectivity index (χ1) is 17.8. The Morgan fingerprint density at radius 3 is 1.78 bits per heavy atom. The molecule has 2 heterocycles. The van der Waals surface area contributed by atoms with Crippen molar-refractivity contribution in [1.29, 1.82) is 0 Å². The molecule has 0 aliphatic carbocycles. The van der Waals surface area contributed by atoms with Crippen LogP contribution < -0.4 is 0 Å². The van der Waals surface area contributed by atoms with Gasteiger partial charge in [-0.2, -0.15) is 0 Å². The molecule has 1 aromatic heterocycles. The zero-order valence-corrected chi connectivity index (χ0v) is 20.1. The SMILES string of the molecule is C1=C(c2ccco2)O[C@H](COCc2ccccc2)[C@H](OCc2ccccc2)[C@@H]1OCc1ccccc1. The lowest BCUT2D eigenvalue weighted by Gasteiger charge is -2.36.